The van der Waals surface area contributed by atoms with Crippen LogP contribution in [0.5, 0.6) is 5.75 Å². The standard InChI is InChI=1S/C15H19N3O2/c1-12-4-6-15(7-5-12)20-11-14(19)10-16-9-13-3-2-8-17-18-13/h2-8,14,16,19H,9-11H2,1H3. The summed E-state index contributed by atoms with van der Waals surface area (Å²) in [5.41, 5.74) is 2.03. The van der Waals surface area contributed by atoms with Crippen LogP contribution in [-0.2, 0) is 6.54 Å². The van der Waals surface area contributed by atoms with Gasteiger partial charge in [-0.2, -0.15) is 10.2 Å². The van der Waals surface area contributed by atoms with Gasteiger partial charge in [0.25, 0.3) is 0 Å². The van der Waals surface area contributed by atoms with E-state index in [1.807, 2.05) is 43.3 Å². The van der Waals surface area contributed by atoms with Crippen LogP contribution in [0, 0.1) is 6.92 Å². The van der Waals surface area contributed by atoms with E-state index in [2.05, 4.69) is 15.5 Å². The van der Waals surface area contributed by atoms with Gasteiger partial charge in [-0.25, -0.2) is 0 Å². The lowest BCUT2D eigenvalue weighted by molar-refractivity contribution is 0.106. The van der Waals surface area contributed by atoms with Crippen molar-refractivity contribution in [2.75, 3.05) is 13.2 Å². The fourth-order valence-electron chi connectivity index (χ4n) is 1.68. The van der Waals surface area contributed by atoms with Crippen LogP contribution in [0.1, 0.15) is 11.3 Å². The second kappa shape index (κ2) is 7.57. The Labute approximate surface area is 118 Å². The van der Waals surface area contributed by atoms with Gasteiger partial charge in [0.15, 0.2) is 0 Å². The van der Waals surface area contributed by atoms with Crippen LogP contribution in [0.4, 0.5) is 0 Å². The third kappa shape index (κ3) is 4.95. The molecule has 5 heteroatoms. The lowest BCUT2D eigenvalue weighted by Gasteiger charge is -2.13. The van der Waals surface area contributed by atoms with E-state index < -0.39 is 6.10 Å². The number of nitrogens with zero attached hydrogens (tertiary/aromatic N) is 2. The minimum absolute atomic E-state index is 0.260. The molecule has 0 saturated heterocycles. The third-order valence-corrected chi connectivity index (χ3v) is 2.78. The summed E-state index contributed by atoms with van der Waals surface area (Å²) in [6, 6.07) is 11.5. The van der Waals surface area contributed by atoms with Gasteiger partial charge in [0.05, 0.1) is 5.69 Å². The number of aromatic nitrogens is 2. The first-order valence-corrected chi connectivity index (χ1v) is 6.59. The first-order chi connectivity index (χ1) is 9.74. The summed E-state index contributed by atoms with van der Waals surface area (Å²) in [5.74, 6) is 0.767. The molecule has 2 aromatic rings. The monoisotopic (exact) mass is 273 g/mol. The van der Waals surface area contributed by atoms with Crippen LogP contribution < -0.4 is 10.1 Å². The molecule has 0 aliphatic heterocycles. The first kappa shape index (κ1) is 14.4. The summed E-state index contributed by atoms with van der Waals surface area (Å²) in [6.07, 6.45) is 1.07. The molecule has 106 valence electrons. The average molecular weight is 273 g/mol. The van der Waals surface area contributed by atoms with E-state index in [9.17, 15) is 5.11 Å². The van der Waals surface area contributed by atoms with Crippen molar-refractivity contribution in [1.29, 1.82) is 0 Å². The second-order valence-corrected chi connectivity index (χ2v) is 4.62. The van der Waals surface area contributed by atoms with Crippen LogP contribution in [0.25, 0.3) is 0 Å². The lowest BCUT2D eigenvalue weighted by Crippen LogP contribution is -2.31. The van der Waals surface area contributed by atoms with Crippen molar-refractivity contribution in [1.82, 2.24) is 15.5 Å². The van der Waals surface area contributed by atoms with E-state index in [0.29, 0.717) is 13.1 Å². The number of rotatable bonds is 7. The zero-order chi connectivity index (χ0) is 14.2. The van der Waals surface area contributed by atoms with Crippen molar-refractivity contribution < 1.29 is 9.84 Å². The van der Waals surface area contributed by atoms with Crippen LogP contribution in [0.15, 0.2) is 42.6 Å². The molecule has 0 aliphatic rings. The quantitative estimate of drug-likeness (QED) is 0.796. The van der Waals surface area contributed by atoms with Crippen LogP contribution >= 0.6 is 0 Å². The van der Waals surface area contributed by atoms with Crippen LogP contribution in [0.2, 0.25) is 0 Å². The Morgan fingerprint density at radius 3 is 2.75 bits per heavy atom. The molecule has 0 spiro atoms. The smallest absolute Gasteiger partial charge is 0.119 e. The molecule has 0 amide bonds. The molecule has 0 radical (unpaired) electrons. The molecular weight excluding hydrogens is 254 g/mol. The van der Waals surface area contributed by atoms with Crippen molar-refractivity contribution in [3.05, 3.63) is 53.9 Å². The highest BCUT2D eigenvalue weighted by molar-refractivity contribution is 5.26. The van der Waals surface area contributed by atoms with Gasteiger partial charge in [0, 0.05) is 19.3 Å². The molecule has 1 atom stereocenters. The highest BCUT2D eigenvalue weighted by Crippen LogP contribution is 2.11. The number of ether oxygens (including phenoxy) is 1. The molecule has 1 aromatic carbocycles. The summed E-state index contributed by atoms with van der Waals surface area (Å²) >= 11 is 0. The Morgan fingerprint density at radius 2 is 2.05 bits per heavy atom. The zero-order valence-electron chi connectivity index (χ0n) is 11.5. The molecule has 1 unspecified atom stereocenters. The summed E-state index contributed by atoms with van der Waals surface area (Å²) in [7, 11) is 0. The molecular formula is C15H19N3O2. The molecule has 0 bridgehead atoms. The van der Waals surface area contributed by atoms with Gasteiger partial charge in [-0.1, -0.05) is 17.7 Å². The number of aliphatic hydroxyl groups is 1. The summed E-state index contributed by atoms with van der Waals surface area (Å²) < 4.78 is 5.51. The van der Waals surface area contributed by atoms with Gasteiger partial charge in [-0.15, -0.1) is 0 Å². The molecule has 1 heterocycles. The van der Waals surface area contributed by atoms with Crippen molar-refractivity contribution in [3.8, 4) is 5.75 Å². The maximum Gasteiger partial charge on any atom is 0.119 e. The Kier molecular flexibility index (Phi) is 5.46. The summed E-state index contributed by atoms with van der Waals surface area (Å²) in [6.45, 7) is 3.31. The van der Waals surface area contributed by atoms with Crippen molar-refractivity contribution in [2.45, 2.75) is 19.6 Å². The van der Waals surface area contributed by atoms with Gasteiger partial charge >= 0.3 is 0 Å². The molecule has 20 heavy (non-hydrogen) atoms. The SMILES string of the molecule is Cc1ccc(OCC(O)CNCc2cccnn2)cc1. The fourth-order valence-corrected chi connectivity index (χ4v) is 1.68. The van der Waals surface area contributed by atoms with Crippen molar-refractivity contribution >= 4 is 0 Å². The third-order valence-electron chi connectivity index (χ3n) is 2.78. The lowest BCUT2D eigenvalue weighted by atomic mass is 10.2. The first-order valence-electron chi connectivity index (χ1n) is 6.59. The Hall–Kier alpha value is -1.98. The van der Waals surface area contributed by atoms with E-state index >= 15 is 0 Å². The molecule has 2 N–H and O–H groups in total. The highest BCUT2D eigenvalue weighted by atomic mass is 16.5. The van der Waals surface area contributed by atoms with Gasteiger partial charge in [0.2, 0.25) is 0 Å². The van der Waals surface area contributed by atoms with E-state index in [0.717, 1.165) is 11.4 Å². The molecule has 1 aromatic heterocycles. The van der Waals surface area contributed by atoms with Crippen LogP contribution in [-0.4, -0.2) is 34.6 Å². The van der Waals surface area contributed by atoms with E-state index in [4.69, 9.17) is 4.74 Å². The Bertz CT molecular complexity index is 502. The predicted molar refractivity (Wildman–Crippen MR) is 76.4 cm³/mol. The normalized spacial score (nSPS) is 12.1. The summed E-state index contributed by atoms with van der Waals surface area (Å²) in [5, 5.41) is 20.7. The van der Waals surface area contributed by atoms with Gasteiger partial charge in [-0.05, 0) is 31.2 Å². The number of aliphatic hydroxyl groups excluding tert-OH is 1. The zero-order valence-corrected chi connectivity index (χ0v) is 11.5. The average Bonchev–Trinajstić information content (AvgIpc) is 2.48. The van der Waals surface area contributed by atoms with Crippen molar-refractivity contribution in [3.63, 3.8) is 0 Å². The molecule has 2 rings (SSSR count). The van der Waals surface area contributed by atoms with E-state index in [1.54, 1.807) is 6.20 Å². The van der Waals surface area contributed by atoms with Crippen molar-refractivity contribution in [2.24, 2.45) is 0 Å². The number of hydrogen-bond acceptors (Lipinski definition) is 5. The van der Waals surface area contributed by atoms with Gasteiger partial charge in [0.1, 0.15) is 18.5 Å². The molecule has 5 nitrogen and oxygen atoms in total. The van der Waals surface area contributed by atoms with Gasteiger partial charge < -0.3 is 15.2 Å². The molecule has 0 aliphatic carbocycles. The minimum atomic E-state index is -0.562. The Balaban J connectivity index is 1.65. The number of benzene rings is 1. The molecule has 0 fully saturated rings. The maximum absolute atomic E-state index is 9.82. The Morgan fingerprint density at radius 1 is 1.25 bits per heavy atom. The topological polar surface area (TPSA) is 67.3 Å². The largest absolute Gasteiger partial charge is 0.491 e. The number of aryl methyl sites for hydroxylation is 1. The van der Waals surface area contributed by atoms with Gasteiger partial charge in [-0.3, -0.25) is 0 Å². The highest BCUT2D eigenvalue weighted by Gasteiger charge is 2.05. The molecule has 0 saturated carbocycles. The van der Waals surface area contributed by atoms with E-state index in [-0.39, 0.29) is 6.61 Å². The maximum atomic E-state index is 9.82. The number of hydrogen-bond donors (Lipinski definition) is 2. The predicted octanol–water partition coefficient (Wildman–Crippen LogP) is 1.31. The second-order valence-electron chi connectivity index (χ2n) is 4.62. The number of nitrogens with one attached hydrogen (secondary N) is 1. The fraction of sp³-hybridized carbons (Fsp3) is 0.333. The minimum Gasteiger partial charge on any atom is -0.491 e. The van der Waals surface area contributed by atoms with Crippen LogP contribution in [0.3, 0.4) is 0 Å². The summed E-state index contributed by atoms with van der Waals surface area (Å²) in [4.78, 5) is 0. The van der Waals surface area contributed by atoms with E-state index in [1.165, 1.54) is 5.56 Å².